The molecule has 0 unspecified atom stereocenters. The summed E-state index contributed by atoms with van der Waals surface area (Å²) in [6, 6.07) is 0. The molecular formula is C15H22N2O4. The molecule has 21 heavy (non-hydrogen) atoms. The molecule has 0 aliphatic carbocycles. The smallest absolute Gasteiger partial charge is 0.253 e. The Bertz CT molecular complexity index is 502. The van der Waals surface area contributed by atoms with Gasteiger partial charge in [0, 0.05) is 25.6 Å². The number of amides is 2. The second-order valence-corrected chi connectivity index (χ2v) is 6.21. The second kappa shape index (κ2) is 5.33. The van der Waals surface area contributed by atoms with Gasteiger partial charge in [-0.25, -0.2) is 0 Å². The molecule has 116 valence electrons. The number of rotatable bonds is 2. The molecule has 0 radical (unpaired) electrons. The highest BCUT2D eigenvalue weighted by atomic mass is 16.5. The number of likely N-dealkylation sites (tertiary alicyclic amines) is 1. The van der Waals surface area contributed by atoms with Crippen LogP contribution in [0.2, 0.25) is 0 Å². The van der Waals surface area contributed by atoms with Crippen molar-refractivity contribution in [1.29, 1.82) is 0 Å². The molecule has 0 aromatic rings. The minimum Gasteiger partial charge on any atom is -0.498 e. The highest BCUT2D eigenvalue weighted by Gasteiger charge is 2.53. The van der Waals surface area contributed by atoms with E-state index in [9.17, 15) is 9.59 Å². The molecule has 0 saturated carbocycles. The van der Waals surface area contributed by atoms with Crippen LogP contribution in [0.1, 0.15) is 26.2 Å². The number of nitrogens with two attached hydrogens (primary N) is 1. The van der Waals surface area contributed by atoms with Crippen molar-refractivity contribution in [3.8, 4) is 0 Å². The first-order valence-corrected chi connectivity index (χ1v) is 7.54. The van der Waals surface area contributed by atoms with Crippen LogP contribution >= 0.6 is 0 Å². The molecule has 2 N–H and O–H groups in total. The third-order valence-electron chi connectivity index (χ3n) is 5.06. The van der Waals surface area contributed by atoms with E-state index in [1.54, 1.807) is 4.90 Å². The monoisotopic (exact) mass is 294 g/mol. The van der Waals surface area contributed by atoms with Crippen LogP contribution in [-0.4, -0.2) is 49.6 Å². The molecule has 0 aromatic carbocycles. The van der Waals surface area contributed by atoms with Gasteiger partial charge >= 0.3 is 0 Å². The van der Waals surface area contributed by atoms with Crippen LogP contribution < -0.4 is 5.73 Å². The molecule has 6 nitrogen and oxygen atoms in total. The van der Waals surface area contributed by atoms with Crippen LogP contribution in [-0.2, 0) is 19.1 Å². The van der Waals surface area contributed by atoms with Crippen molar-refractivity contribution in [1.82, 2.24) is 4.90 Å². The minimum atomic E-state index is -0.613. The van der Waals surface area contributed by atoms with Crippen LogP contribution in [0.15, 0.2) is 11.3 Å². The van der Waals surface area contributed by atoms with E-state index in [0.717, 1.165) is 18.4 Å². The summed E-state index contributed by atoms with van der Waals surface area (Å²) in [6.45, 7) is 4.49. The lowest BCUT2D eigenvalue weighted by Gasteiger charge is -2.35. The number of ether oxygens (including phenoxy) is 2. The lowest BCUT2D eigenvalue weighted by molar-refractivity contribution is -0.136. The Kier molecular flexibility index (Phi) is 3.65. The zero-order valence-electron chi connectivity index (χ0n) is 12.4. The van der Waals surface area contributed by atoms with Crippen LogP contribution in [0.4, 0.5) is 0 Å². The summed E-state index contributed by atoms with van der Waals surface area (Å²) in [4.78, 5) is 26.4. The lowest BCUT2D eigenvalue weighted by Crippen LogP contribution is -2.48. The Hall–Kier alpha value is -1.56. The first-order chi connectivity index (χ1) is 10.0. The van der Waals surface area contributed by atoms with Gasteiger partial charge in [0.15, 0.2) is 0 Å². The zero-order chi connectivity index (χ0) is 15.0. The maximum absolute atomic E-state index is 12.7. The molecule has 0 aromatic heterocycles. The van der Waals surface area contributed by atoms with Crippen molar-refractivity contribution < 1.29 is 19.1 Å². The Balaban J connectivity index is 1.82. The van der Waals surface area contributed by atoms with Crippen molar-refractivity contribution in [2.24, 2.45) is 17.1 Å². The molecule has 2 saturated heterocycles. The third-order valence-corrected chi connectivity index (χ3v) is 5.06. The van der Waals surface area contributed by atoms with Gasteiger partial charge in [-0.1, -0.05) is 0 Å². The number of primary amides is 1. The first-order valence-electron chi connectivity index (χ1n) is 7.54. The van der Waals surface area contributed by atoms with Gasteiger partial charge < -0.3 is 20.1 Å². The van der Waals surface area contributed by atoms with E-state index >= 15 is 0 Å². The summed E-state index contributed by atoms with van der Waals surface area (Å²) in [5.74, 6) is 0.405. The average Bonchev–Trinajstić information content (AvgIpc) is 2.88. The molecule has 3 aliphatic rings. The van der Waals surface area contributed by atoms with Gasteiger partial charge in [-0.05, 0) is 26.2 Å². The van der Waals surface area contributed by atoms with E-state index in [2.05, 4.69) is 0 Å². The third kappa shape index (κ3) is 2.31. The minimum absolute atomic E-state index is 0.0118. The fourth-order valence-electron chi connectivity index (χ4n) is 3.69. The van der Waals surface area contributed by atoms with Crippen molar-refractivity contribution >= 4 is 11.8 Å². The van der Waals surface area contributed by atoms with E-state index in [-0.39, 0.29) is 17.7 Å². The van der Waals surface area contributed by atoms with E-state index in [0.29, 0.717) is 45.1 Å². The SMILES string of the molecule is CC1=C(C(=O)N2C[C@@H]3COCC[C@]3(C(N)=O)C2)CCCO1. The van der Waals surface area contributed by atoms with Crippen LogP contribution in [0.5, 0.6) is 0 Å². The van der Waals surface area contributed by atoms with Gasteiger partial charge in [-0.2, -0.15) is 0 Å². The molecule has 2 atom stereocenters. The number of carbonyl (C=O) groups is 2. The summed E-state index contributed by atoms with van der Waals surface area (Å²) in [6.07, 6.45) is 2.21. The maximum Gasteiger partial charge on any atom is 0.253 e. The maximum atomic E-state index is 12.7. The Labute approximate surface area is 124 Å². The van der Waals surface area contributed by atoms with Gasteiger partial charge in [0.25, 0.3) is 5.91 Å². The topological polar surface area (TPSA) is 81.9 Å². The van der Waals surface area contributed by atoms with Gasteiger partial charge in [-0.15, -0.1) is 0 Å². The van der Waals surface area contributed by atoms with Crippen molar-refractivity contribution in [3.63, 3.8) is 0 Å². The fraction of sp³-hybridized carbons (Fsp3) is 0.733. The number of fused-ring (bicyclic) bond motifs is 1. The van der Waals surface area contributed by atoms with E-state index in [1.165, 1.54) is 0 Å². The summed E-state index contributed by atoms with van der Waals surface area (Å²) < 4.78 is 10.9. The van der Waals surface area contributed by atoms with E-state index in [4.69, 9.17) is 15.2 Å². The zero-order valence-corrected chi connectivity index (χ0v) is 12.4. The number of carbonyl (C=O) groups excluding carboxylic acids is 2. The Morgan fingerprint density at radius 1 is 1.38 bits per heavy atom. The van der Waals surface area contributed by atoms with Crippen LogP contribution in [0, 0.1) is 11.3 Å². The molecule has 0 bridgehead atoms. The molecule has 0 spiro atoms. The molecule has 2 amide bonds. The summed E-state index contributed by atoms with van der Waals surface area (Å²) in [5, 5.41) is 0. The molecule has 6 heteroatoms. The Morgan fingerprint density at radius 3 is 2.86 bits per heavy atom. The summed E-state index contributed by atoms with van der Waals surface area (Å²) >= 11 is 0. The standard InChI is InChI=1S/C15H22N2O4/c1-10-12(3-2-5-21-10)13(18)17-7-11-8-20-6-4-15(11,9-17)14(16)19/h11H,2-9H2,1H3,(H2,16,19)/t11-,15+/m1/s1. The predicted octanol–water partition coefficient (Wildman–Crippen LogP) is 0.421. The fourth-order valence-corrected chi connectivity index (χ4v) is 3.69. The predicted molar refractivity (Wildman–Crippen MR) is 75.0 cm³/mol. The van der Waals surface area contributed by atoms with E-state index in [1.807, 2.05) is 6.92 Å². The lowest BCUT2D eigenvalue weighted by atomic mass is 9.74. The normalized spacial score (nSPS) is 32.6. The van der Waals surface area contributed by atoms with Gasteiger partial charge in [-0.3, -0.25) is 9.59 Å². The summed E-state index contributed by atoms with van der Waals surface area (Å²) in [5.41, 5.74) is 5.77. The molecule has 2 fully saturated rings. The van der Waals surface area contributed by atoms with Gasteiger partial charge in [0.05, 0.1) is 24.2 Å². The van der Waals surface area contributed by atoms with E-state index < -0.39 is 5.41 Å². The molecule has 3 heterocycles. The number of allylic oxidation sites excluding steroid dienone is 1. The average molecular weight is 294 g/mol. The van der Waals surface area contributed by atoms with Crippen molar-refractivity contribution in [2.75, 3.05) is 32.9 Å². The largest absolute Gasteiger partial charge is 0.498 e. The number of hydrogen-bond donors (Lipinski definition) is 1. The van der Waals surface area contributed by atoms with Crippen molar-refractivity contribution in [2.45, 2.75) is 26.2 Å². The Morgan fingerprint density at radius 2 is 2.19 bits per heavy atom. The molecule has 3 rings (SSSR count). The van der Waals surface area contributed by atoms with Crippen LogP contribution in [0.3, 0.4) is 0 Å². The highest BCUT2D eigenvalue weighted by Crippen LogP contribution is 2.42. The second-order valence-electron chi connectivity index (χ2n) is 6.21. The summed E-state index contributed by atoms with van der Waals surface area (Å²) in [7, 11) is 0. The number of nitrogens with zero attached hydrogens (tertiary/aromatic N) is 1. The highest BCUT2D eigenvalue weighted by molar-refractivity contribution is 5.95. The van der Waals surface area contributed by atoms with Crippen molar-refractivity contribution in [3.05, 3.63) is 11.3 Å². The quantitative estimate of drug-likeness (QED) is 0.800. The first kappa shape index (κ1) is 14.4. The number of hydrogen-bond acceptors (Lipinski definition) is 4. The molecular weight excluding hydrogens is 272 g/mol. The van der Waals surface area contributed by atoms with Crippen LogP contribution in [0.25, 0.3) is 0 Å². The van der Waals surface area contributed by atoms with Gasteiger partial charge in [0.1, 0.15) is 5.76 Å². The molecule has 3 aliphatic heterocycles. The van der Waals surface area contributed by atoms with Gasteiger partial charge in [0.2, 0.25) is 5.91 Å².